The highest BCUT2D eigenvalue weighted by Gasteiger charge is 2.27. The van der Waals surface area contributed by atoms with E-state index in [9.17, 15) is 19.5 Å². The summed E-state index contributed by atoms with van der Waals surface area (Å²) < 4.78 is 0. The lowest BCUT2D eigenvalue weighted by Crippen LogP contribution is -2.55. The van der Waals surface area contributed by atoms with Crippen molar-refractivity contribution in [3.05, 3.63) is 29.8 Å². The molecule has 30 heavy (non-hydrogen) atoms. The molecule has 0 aromatic heterocycles. The number of nitrogens with zero attached hydrogens (tertiary/aromatic N) is 1. The molecule has 1 rings (SSSR count). The minimum Gasteiger partial charge on any atom is -0.508 e. The highest BCUT2D eigenvalue weighted by molar-refractivity contribution is 7.80. The highest BCUT2D eigenvalue weighted by atomic mass is 32.1. The number of nitrogens with one attached hydrogen (secondary N) is 2. The van der Waals surface area contributed by atoms with Crippen molar-refractivity contribution in [2.75, 3.05) is 12.3 Å². The summed E-state index contributed by atoms with van der Waals surface area (Å²) in [5.74, 6) is -2.64. The van der Waals surface area contributed by atoms with Gasteiger partial charge in [0.2, 0.25) is 11.8 Å². The normalized spacial score (nSPS) is 13.5. The van der Waals surface area contributed by atoms with Crippen molar-refractivity contribution in [3.63, 3.8) is 0 Å². The van der Waals surface area contributed by atoms with Crippen LogP contribution < -0.4 is 27.8 Å². The number of rotatable bonds is 12. The van der Waals surface area contributed by atoms with Crippen molar-refractivity contribution in [2.45, 2.75) is 37.4 Å². The quantitative estimate of drug-likeness (QED) is 0.0811. The van der Waals surface area contributed by atoms with Crippen LogP contribution in [0.1, 0.15) is 18.4 Å². The highest BCUT2D eigenvalue weighted by Crippen LogP contribution is 2.12. The fourth-order valence-corrected chi connectivity index (χ4v) is 2.71. The minimum atomic E-state index is -1.25. The number of phenols is 1. The average molecular weight is 441 g/mol. The van der Waals surface area contributed by atoms with Gasteiger partial charge in [-0.25, -0.2) is 4.79 Å². The summed E-state index contributed by atoms with van der Waals surface area (Å²) >= 11 is 3.91. The number of phenolic OH excluding ortho intramolecular Hbond substituents is 1. The summed E-state index contributed by atoms with van der Waals surface area (Å²) in [6, 6.07) is 2.86. The standard InChI is InChI=1S/C18H28N6O5S/c19-12(2-1-7-22-18(20)21)15(26)23-13(8-10-3-5-11(25)6-4-10)16(27)24-14(9-30)17(28)29/h3-6,12-14,25,30H,1-2,7-9,19H2,(H,23,26)(H,24,27)(H,28,29)(H4,20,21,22). The van der Waals surface area contributed by atoms with Crippen LogP contribution in [0.4, 0.5) is 0 Å². The molecule has 0 aliphatic heterocycles. The SMILES string of the molecule is NC(N)=NCCCC(N)C(=O)NC(Cc1ccc(O)cc1)C(=O)NC(CS)C(=O)O. The molecule has 1 aromatic rings. The lowest BCUT2D eigenvalue weighted by atomic mass is 10.0. The van der Waals surface area contributed by atoms with Crippen LogP contribution in [-0.4, -0.2) is 64.4 Å². The maximum atomic E-state index is 12.6. The number of amides is 2. The molecule has 2 amide bonds. The molecule has 3 atom stereocenters. The number of aliphatic imine (C=N–C) groups is 1. The molecule has 12 heteroatoms. The maximum Gasteiger partial charge on any atom is 0.327 e. The van der Waals surface area contributed by atoms with Crippen LogP contribution in [-0.2, 0) is 20.8 Å². The summed E-state index contributed by atoms with van der Waals surface area (Å²) in [4.78, 5) is 40.1. The molecular weight excluding hydrogens is 412 g/mol. The Labute approximate surface area is 179 Å². The number of nitrogens with two attached hydrogens (primary N) is 3. The largest absolute Gasteiger partial charge is 0.508 e. The van der Waals surface area contributed by atoms with E-state index in [0.29, 0.717) is 18.5 Å². The lowest BCUT2D eigenvalue weighted by molar-refractivity contribution is -0.141. The first-order valence-electron chi connectivity index (χ1n) is 9.17. The Bertz CT molecular complexity index is 754. The second-order valence-corrected chi connectivity index (χ2v) is 6.93. The first kappa shape index (κ1) is 25.0. The molecule has 0 saturated carbocycles. The van der Waals surface area contributed by atoms with E-state index in [-0.39, 0.29) is 30.3 Å². The second kappa shape index (κ2) is 12.5. The van der Waals surface area contributed by atoms with Gasteiger partial charge < -0.3 is 38.0 Å². The number of hydrogen-bond acceptors (Lipinski definition) is 7. The van der Waals surface area contributed by atoms with Gasteiger partial charge in [0.1, 0.15) is 17.8 Å². The Kier molecular flexibility index (Phi) is 10.5. The molecule has 3 unspecified atom stereocenters. The summed E-state index contributed by atoms with van der Waals surface area (Å²) in [5.41, 5.74) is 17.0. The summed E-state index contributed by atoms with van der Waals surface area (Å²) in [7, 11) is 0. The third-order valence-corrected chi connectivity index (χ3v) is 4.48. The fraction of sp³-hybridized carbons (Fsp3) is 0.444. The van der Waals surface area contributed by atoms with Gasteiger partial charge in [-0.05, 0) is 30.5 Å². The molecular formula is C18H28N6O5S. The molecule has 0 bridgehead atoms. The van der Waals surface area contributed by atoms with E-state index in [0.717, 1.165) is 0 Å². The van der Waals surface area contributed by atoms with Gasteiger partial charge in [-0.15, -0.1) is 0 Å². The number of carbonyl (C=O) groups is 3. The average Bonchev–Trinajstić information content (AvgIpc) is 2.69. The van der Waals surface area contributed by atoms with E-state index >= 15 is 0 Å². The molecule has 11 nitrogen and oxygen atoms in total. The number of carboxylic acid groups (broad SMARTS) is 1. The molecule has 166 valence electrons. The van der Waals surface area contributed by atoms with Gasteiger partial charge in [-0.3, -0.25) is 14.6 Å². The molecule has 1 aromatic carbocycles. The van der Waals surface area contributed by atoms with Crippen molar-refractivity contribution in [2.24, 2.45) is 22.2 Å². The van der Waals surface area contributed by atoms with E-state index in [2.05, 4.69) is 28.3 Å². The molecule has 0 heterocycles. The number of carbonyl (C=O) groups excluding carboxylic acids is 2. The third kappa shape index (κ3) is 9.01. The number of carboxylic acids is 1. The van der Waals surface area contributed by atoms with Crippen LogP contribution in [0.25, 0.3) is 0 Å². The van der Waals surface area contributed by atoms with Crippen molar-refractivity contribution < 1.29 is 24.6 Å². The number of thiol groups is 1. The molecule has 0 saturated heterocycles. The van der Waals surface area contributed by atoms with Crippen molar-refractivity contribution in [1.29, 1.82) is 0 Å². The van der Waals surface area contributed by atoms with Crippen LogP contribution in [0, 0.1) is 0 Å². The van der Waals surface area contributed by atoms with E-state index in [1.54, 1.807) is 12.1 Å². The Morgan fingerprint density at radius 1 is 1.07 bits per heavy atom. The Morgan fingerprint density at radius 2 is 1.67 bits per heavy atom. The first-order chi connectivity index (χ1) is 14.1. The lowest BCUT2D eigenvalue weighted by Gasteiger charge is -2.22. The van der Waals surface area contributed by atoms with E-state index in [1.165, 1.54) is 12.1 Å². The Morgan fingerprint density at radius 3 is 2.20 bits per heavy atom. The topological polar surface area (TPSA) is 206 Å². The Balaban J connectivity index is 2.84. The third-order valence-electron chi connectivity index (χ3n) is 4.11. The zero-order chi connectivity index (χ0) is 22.7. The van der Waals surface area contributed by atoms with Gasteiger partial charge in [0.15, 0.2) is 5.96 Å². The van der Waals surface area contributed by atoms with Gasteiger partial charge in [0.05, 0.1) is 6.04 Å². The van der Waals surface area contributed by atoms with E-state index < -0.39 is 35.9 Å². The zero-order valence-electron chi connectivity index (χ0n) is 16.3. The van der Waals surface area contributed by atoms with Gasteiger partial charge >= 0.3 is 5.97 Å². The van der Waals surface area contributed by atoms with Gasteiger partial charge in [0, 0.05) is 18.7 Å². The predicted octanol–water partition coefficient (Wildman–Crippen LogP) is -1.70. The zero-order valence-corrected chi connectivity index (χ0v) is 17.2. The number of aromatic hydroxyl groups is 1. The summed E-state index contributed by atoms with van der Waals surface area (Å²) in [6.07, 6.45) is 0.810. The molecule has 0 radical (unpaired) electrons. The monoisotopic (exact) mass is 440 g/mol. The van der Waals surface area contributed by atoms with Crippen LogP contribution in [0.15, 0.2) is 29.3 Å². The van der Waals surface area contributed by atoms with E-state index in [1.807, 2.05) is 0 Å². The molecule has 0 aliphatic rings. The number of benzene rings is 1. The molecule has 0 spiro atoms. The maximum absolute atomic E-state index is 12.6. The Hall–Kier alpha value is -2.99. The first-order valence-corrected chi connectivity index (χ1v) is 9.80. The van der Waals surface area contributed by atoms with Crippen LogP contribution >= 0.6 is 12.6 Å². The number of hydrogen-bond donors (Lipinski definition) is 8. The molecule has 0 fully saturated rings. The number of guanidine groups is 1. The second-order valence-electron chi connectivity index (χ2n) is 6.57. The van der Waals surface area contributed by atoms with Crippen molar-refractivity contribution >= 4 is 36.4 Å². The van der Waals surface area contributed by atoms with Gasteiger partial charge in [0.25, 0.3) is 0 Å². The fourth-order valence-electron chi connectivity index (χ4n) is 2.46. The van der Waals surface area contributed by atoms with Crippen LogP contribution in [0.5, 0.6) is 5.75 Å². The summed E-state index contributed by atoms with van der Waals surface area (Å²) in [5, 5.41) is 23.4. The van der Waals surface area contributed by atoms with Crippen LogP contribution in [0.3, 0.4) is 0 Å². The molecule has 10 N–H and O–H groups in total. The van der Waals surface area contributed by atoms with Gasteiger partial charge in [-0.2, -0.15) is 12.6 Å². The van der Waals surface area contributed by atoms with Crippen molar-refractivity contribution in [3.8, 4) is 5.75 Å². The smallest absolute Gasteiger partial charge is 0.327 e. The predicted molar refractivity (Wildman–Crippen MR) is 115 cm³/mol. The summed E-state index contributed by atoms with van der Waals surface area (Å²) in [6.45, 7) is 0.309. The van der Waals surface area contributed by atoms with Gasteiger partial charge in [-0.1, -0.05) is 12.1 Å². The van der Waals surface area contributed by atoms with E-state index in [4.69, 9.17) is 22.3 Å². The van der Waals surface area contributed by atoms with Crippen molar-refractivity contribution in [1.82, 2.24) is 10.6 Å². The number of aliphatic carboxylic acids is 1. The van der Waals surface area contributed by atoms with Crippen LogP contribution in [0.2, 0.25) is 0 Å². The minimum absolute atomic E-state index is 0.0487. The molecule has 0 aliphatic carbocycles.